The number of rotatable bonds is 7. The lowest BCUT2D eigenvalue weighted by atomic mass is 10.2. The summed E-state index contributed by atoms with van der Waals surface area (Å²) in [7, 11) is 1.49. The van der Waals surface area contributed by atoms with Crippen LogP contribution in [0.2, 0.25) is 5.02 Å². The van der Waals surface area contributed by atoms with E-state index in [1.165, 1.54) is 18.4 Å². The molecule has 7 nitrogen and oxygen atoms in total. The van der Waals surface area contributed by atoms with Gasteiger partial charge in [0.1, 0.15) is 5.51 Å². The molecule has 1 heterocycles. The topological polar surface area (TPSA) is 99.4 Å². The summed E-state index contributed by atoms with van der Waals surface area (Å²) in [6.45, 7) is 0.236. The zero-order valence-electron chi connectivity index (χ0n) is 11.1. The Balaban J connectivity index is 2.13. The molecule has 3 N–H and O–H groups in total. The minimum Gasteiger partial charge on any atom is -0.493 e. The summed E-state index contributed by atoms with van der Waals surface area (Å²) < 4.78 is 10.5. The van der Waals surface area contributed by atoms with Gasteiger partial charge in [-0.05, 0) is 17.7 Å². The smallest absolute Gasteiger partial charge is 0.255 e. The van der Waals surface area contributed by atoms with Gasteiger partial charge in [-0.1, -0.05) is 22.9 Å². The molecule has 21 heavy (non-hydrogen) atoms. The summed E-state index contributed by atoms with van der Waals surface area (Å²) in [5, 5.41) is 11.8. The molecule has 2 rings (SSSR count). The molecule has 0 unspecified atom stereocenters. The van der Waals surface area contributed by atoms with Crippen LogP contribution in [0.1, 0.15) is 5.56 Å². The maximum absolute atomic E-state index is 10.8. The van der Waals surface area contributed by atoms with Crippen molar-refractivity contribution >= 4 is 34.0 Å². The molecule has 0 saturated carbocycles. The molecule has 0 aliphatic carbocycles. The van der Waals surface area contributed by atoms with E-state index >= 15 is 0 Å². The predicted octanol–water partition coefficient (Wildman–Crippen LogP) is 1.68. The summed E-state index contributed by atoms with van der Waals surface area (Å²) in [4.78, 5) is 10.8. The number of halogens is 1. The Morgan fingerprint density at radius 3 is 2.95 bits per heavy atom. The maximum Gasteiger partial charge on any atom is 0.255 e. The van der Waals surface area contributed by atoms with Gasteiger partial charge in [0.15, 0.2) is 18.1 Å². The van der Waals surface area contributed by atoms with Crippen LogP contribution in [0.15, 0.2) is 17.6 Å². The van der Waals surface area contributed by atoms with Crippen molar-refractivity contribution in [3.05, 3.63) is 28.2 Å². The summed E-state index contributed by atoms with van der Waals surface area (Å²) in [5.41, 5.74) is 7.55. The number of ether oxygens (including phenoxy) is 2. The van der Waals surface area contributed by atoms with Crippen molar-refractivity contribution in [1.29, 1.82) is 0 Å². The van der Waals surface area contributed by atoms with E-state index in [1.807, 2.05) is 0 Å². The third-order valence-electron chi connectivity index (χ3n) is 2.45. The van der Waals surface area contributed by atoms with Crippen molar-refractivity contribution in [3.63, 3.8) is 0 Å². The van der Waals surface area contributed by atoms with Gasteiger partial charge in [-0.15, -0.1) is 10.2 Å². The highest BCUT2D eigenvalue weighted by molar-refractivity contribution is 7.13. The van der Waals surface area contributed by atoms with E-state index in [0.717, 1.165) is 5.56 Å². The fraction of sp³-hybridized carbons (Fsp3) is 0.250. The second kappa shape index (κ2) is 7.09. The molecule has 0 bridgehead atoms. The van der Waals surface area contributed by atoms with E-state index < -0.39 is 5.91 Å². The number of nitrogens with two attached hydrogens (primary N) is 1. The molecule has 9 heteroatoms. The number of aromatic nitrogens is 2. The number of carbonyl (C=O) groups excluding carboxylic acids is 1. The third kappa shape index (κ3) is 4.20. The zero-order valence-corrected chi connectivity index (χ0v) is 12.7. The highest BCUT2D eigenvalue weighted by Crippen LogP contribution is 2.36. The summed E-state index contributed by atoms with van der Waals surface area (Å²) in [6.07, 6.45) is 0. The number of carbonyl (C=O) groups is 1. The zero-order chi connectivity index (χ0) is 15.2. The molecule has 1 aromatic carbocycles. The van der Waals surface area contributed by atoms with Crippen LogP contribution in [0.4, 0.5) is 5.13 Å². The monoisotopic (exact) mass is 328 g/mol. The normalized spacial score (nSPS) is 10.2. The van der Waals surface area contributed by atoms with E-state index in [1.54, 1.807) is 17.6 Å². The lowest BCUT2D eigenvalue weighted by Gasteiger charge is -2.13. The first kappa shape index (κ1) is 15.3. The molecule has 2 aromatic rings. The van der Waals surface area contributed by atoms with Crippen LogP contribution in [0.3, 0.4) is 0 Å². The second-order valence-corrected chi connectivity index (χ2v) is 5.20. The van der Waals surface area contributed by atoms with Gasteiger partial charge in [0, 0.05) is 6.54 Å². The molecule has 1 amide bonds. The number of nitrogens with zero attached hydrogens (tertiary/aromatic N) is 2. The number of benzene rings is 1. The van der Waals surface area contributed by atoms with Crippen molar-refractivity contribution in [1.82, 2.24) is 10.2 Å². The van der Waals surface area contributed by atoms with Crippen LogP contribution < -0.4 is 20.5 Å². The van der Waals surface area contributed by atoms with Gasteiger partial charge >= 0.3 is 0 Å². The molecule has 0 radical (unpaired) electrons. The summed E-state index contributed by atoms with van der Waals surface area (Å²) >= 11 is 7.54. The number of hydrogen-bond acceptors (Lipinski definition) is 7. The van der Waals surface area contributed by atoms with Crippen LogP contribution in [0.25, 0.3) is 0 Å². The Bertz CT molecular complexity index is 621. The van der Waals surface area contributed by atoms with E-state index in [9.17, 15) is 4.79 Å². The van der Waals surface area contributed by atoms with Crippen LogP contribution in [0.5, 0.6) is 11.5 Å². The Hall–Kier alpha value is -2.06. The Labute approximate surface area is 130 Å². The number of nitrogens with one attached hydrogen (secondary N) is 1. The van der Waals surface area contributed by atoms with Crippen LogP contribution in [-0.2, 0) is 11.3 Å². The number of anilines is 1. The SMILES string of the molecule is COc1cc(CNc2nncs2)cc(Cl)c1OCC(N)=O. The maximum atomic E-state index is 10.8. The molecule has 112 valence electrons. The minimum absolute atomic E-state index is 0.265. The van der Waals surface area contributed by atoms with Gasteiger partial charge < -0.3 is 20.5 Å². The predicted molar refractivity (Wildman–Crippen MR) is 79.9 cm³/mol. The highest BCUT2D eigenvalue weighted by atomic mass is 35.5. The van der Waals surface area contributed by atoms with Gasteiger partial charge in [0.05, 0.1) is 12.1 Å². The second-order valence-electron chi connectivity index (χ2n) is 3.96. The first-order chi connectivity index (χ1) is 10.1. The first-order valence-corrected chi connectivity index (χ1v) is 7.13. The fourth-order valence-corrected chi connectivity index (χ4v) is 2.32. The van der Waals surface area contributed by atoms with Crippen LogP contribution in [-0.4, -0.2) is 29.8 Å². The Morgan fingerprint density at radius 2 is 2.33 bits per heavy atom. The van der Waals surface area contributed by atoms with Crippen LogP contribution >= 0.6 is 22.9 Å². The third-order valence-corrected chi connectivity index (χ3v) is 3.38. The van der Waals surface area contributed by atoms with Crippen molar-refractivity contribution in [2.75, 3.05) is 19.0 Å². The van der Waals surface area contributed by atoms with E-state index in [0.29, 0.717) is 22.4 Å². The molecular weight excluding hydrogens is 316 g/mol. The van der Waals surface area contributed by atoms with Gasteiger partial charge in [0.25, 0.3) is 5.91 Å². The summed E-state index contributed by atoms with van der Waals surface area (Å²) in [5.74, 6) is 0.130. The number of amides is 1. The molecule has 1 aromatic heterocycles. The van der Waals surface area contributed by atoms with Crippen molar-refractivity contribution < 1.29 is 14.3 Å². The number of primary amides is 1. The van der Waals surface area contributed by atoms with Crippen molar-refractivity contribution in [2.24, 2.45) is 5.73 Å². The largest absolute Gasteiger partial charge is 0.493 e. The molecular formula is C12H13ClN4O3S. The first-order valence-electron chi connectivity index (χ1n) is 5.87. The number of hydrogen-bond donors (Lipinski definition) is 2. The van der Waals surface area contributed by atoms with Crippen LogP contribution in [0, 0.1) is 0 Å². The average molecular weight is 329 g/mol. The lowest BCUT2D eigenvalue weighted by molar-refractivity contribution is -0.119. The van der Waals surface area contributed by atoms with Gasteiger partial charge in [0.2, 0.25) is 5.13 Å². The molecule has 0 atom stereocenters. The Kier molecular flexibility index (Phi) is 5.18. The van der Waals surface area contributed by atoms with Gasteiger partial charge in [-0.2, -0.15) is 0 Å². The lowest BCUT2D eigenvalue weighted by Crippen LogP contribution is -2.20. The Morgan fingerprint density at radius 1 is 1.52 bits per heavy atom. The average Bonchev–Trinajstić information content (AvgIpc) is 2.96. The number of methoxy groups -OCH3 is 1. The molecule has 0 saturated heterocycles. The van der Waals surface area contributed by atoms with Gasteiger partial charge in [-0.3, -0.25) is 4.79 Å². The highest BCUT2D eigenvalue weighted by Gasteiger charge is 2.13. The molecule has 0 aliphatic heterocycles. The standard InChI is InChI=1S/C12H13ClN4O3S/c1-19-9-3-7(4-15-12-17-16-6-21-12)2-8(13)11(9)20-5-10(14)18/h2-3,6H,4-5H2,1H3,(H2,14,18)(H,15,17). The minimum atomic E-state index is -0.588. The molecule has 0 aliphatic rings. The molecule has 0 spiro atoms. The van der Waals surface area contributed by atoms with Crippen molar-refractivity contribution in [3.8, 4) is 11.5 Å². The fourth-order valence-electron chi connectivity index (χ4n) is 1.59. The van der Waals surface area contributed by atoms with E-state index in [4.69, 9.17) is 26.8 Å². The summed E-state index contributed by atoms with van der Waals surface area (Å²) in [6, 6.07) is 3.48. The quantitative estimate of drug-likeness (QED) is 0.802. The van der Waals surface area contributed by atoms with Crippen molar-refractivity contribution in [2.45, 2.75) is 6.54 Å². The van der Waals surface area contributed by atoms with E-state index in [-0.39, 0.29) is 12.4 Å². The van der Waals surface area contributed by atoms with E-state index in [2.05, 4.69) is 15.5 Å². The molecule has 0 fully saturated rings. The van der Waals surface area contributed by atoms with Gasteiger partial charge in [-0.25, -0.2) is 0 Å².